The number of benzene rings is 2. The molecule has 3 heterocycles. The molecule has 0 saturated carbocycles. The lowest BCUT2D eigenvalue weighted by molar-refractivity contribution is 0.0734. The van der Waals surface area contributed by atoms with Gasteiger partial charge in [0.05, 0.1) is 11.9 Å². The maximum atomic E-state index is 13.4. The minimum absolute atomic E-state index is 0.0142. The third-order valence-electron chi connectivity index (χ3n) is 5.24. The zero-order chi connectivity index (χ0) is 18.9. The molecule has 0 fully saturated rings. The van der Waals surface area contributed by atoms with Gasteiger partial charge in [-0.05, 0) is 41.8 Å². The van der Waals surface area contributed by atoms with Crippen molar-refractivity contribution >= 4 is 5.91 Å². The molecule has 0 bridgehead atoms. The molecule has 138 valence electrons. The van der Waals surface area contributed by atoms with Crippen molar-refractivity contribution in [1.82, 2.24) is 19.2 Å². The molecule has 2 aromatic carbocycles. The first-order chi connectivity index (χ1) is 13.8. The van der Waals surface area contributed by atoms with E-state index < -0.39 is 0 Å². The van der Waals surface area contributed by atoms with E-state index in [0.717, 1.165) is 24.5 Å². The Hall–Kier alpha value is -3.60. The third kappa shape index (κ3) is 2.81. The molecule has 1 amide bonds. The molecule has 0 atom stereocenters. The quantitative estimate of drug-likeness (QED) is 0.551. The van der Waals surface area contributed by atoms with Gasteiger partial charge >= 0.3 is 0 Å². The Morgan fingerprint density at radius 1 is 0.857 bits per heavy atom. The summed E-state index contributed by atoms with van der Waals surface area (Å²) in [5, 5.41) is 4.55. The normalized spacial score (nSPS) is 13.4. The van der Waals surface area contributed by atoms with Crippen molar-refractivity contribution in [3.8, 4) is 11.5 Å². The number of aromatic nitrogens is 3. The molecule has 5 nitrogen and oxygen atoms in total. The summed E-state index contributed by atoms with van der Waals surface area (Å²) in [6.07, 6.45) is 6.45. The first-order valence-electron chi connectivity index (χ1n) is 9.44. The maximum Gasteiger partial charge on any atom is 0.259 e. The zero-order valence-corrected chi connectivity index (χ0v) is 15.4. The molecule has 0 aliphatic carbocycles. The fraction of sp³-hybridized carbons (Fsp3) is 0.130. The van der Waals surface area contributed by atoms with Gasteiger partial charge in [-0.25, -0.2) is 4.68 Å². The first kappa shape index (κ1) is 16.6. The molecule has 0 unspecified atom stereocenters. The predicted molar refractivity (Wildman–Crippen MR) is 108 cm³/mol. The minimum Gasteiger partial charge on any atom is -0.334 e. The van der Waals surface area contributed by atoms with Gasteiger partial charge < -0.3 is 9.47 Å². The largest absolute Gasteiger partial charge is 0.334 e. The number of carbonyl (C=O) groups is 1. The number of para-hydroxylation sites is 1. The Morgan fingerprint density at radius 2 is 1.57 bits per heavy atom. The van der Waals surface area contributed by atoms with Crippen LogP contribution in [0.3, 0.4) is 0 Å². The number of nitrogens with zero attached hydrogens (tertiary/aromatic N) is 4. The molecule has 1 aliphatic heterocycles. The van der Waals surface area contributed by atoms with Crippen LogP contribution in [0.2, 0.25) is 0 Å². The summed E-state index contributed by atoms with van der Waals surface area (Å²) < 4.78 is 3.77. The smallest absolute Gasteiger partial charge is 0.259 e. The summed E-state index contributed by atoms with van der Waals surface area (Å²) in [7, 11) is 0. The van der Waals surface area contributed by atoms with Crippen LogP contribution in [-0.2, 0) is 13.0 Å². The standard InChI is InChI=1S/C23H20N4O/c28-23(26-15-12-18-8-4-5-9-19(18)17-26)21-16-24-27(20-10-2-1-3-11-20)22(21)25-13-6-7-14-25/h1-11,13-14,16H,12,15,17H2. The van der Waals surface area contributed by atoms with Gasteiger partial charge in [0, 0.05) is 25.5 Å². The van der Waals surface area contributed by atoms with Crippen LogP contribution in [0, 0.1) is 0 Å². The molecule has 4 aromatic rings. The second-order valence-electron chi connectivity index (χ2n) is 6.96. The van der Waals surface area contributed by atoms with E-state index in [1.54, 1.807) is 6.20 Å². The third-order valence-corrected chi connectivity index (χ3v) is 5.24. The number of rotatable bonds is 3. The van der Waals surface area contributed by atoms with Gasteiger partial charge in [-0.2, -0.15) is 5.10 Å². The Kier molecular flexibility index (Phi) is 4.05. The molecule has 1 aliphatic rings. The average molecular weight is 368 g/mol. The van der Waals surface area contributed by atoms with E-state index in [-0.39, 0.29) is 5.91 Å². The molecule has 0 radical (unpaired) electrons. The topological polar surface area (TPSA) is 43.1 Å². The molecular formula is C23H20N4O. The Labute approximate surface area is 163 Å². The van der Waals surface area contributed by atoms with Gasteiger partial charge in [0.25, 0.3) is 5.91 Å². The molecular weight excluding hydrogens is 348 g/mol. The van der Waals surface area contributed by atoms with Gasteiger partial charge in [-0.3, -0.25) is 4.79 Å². The van der Waals surface area contributed by atoms with Crippen molar-refractivity contribution in [3.63, 3.8) is 0 Å². The van der Waals surface area contributed by atoms with Crippen LogP contribution in [-0.4, -0.2) is 31.7 Å². The Morgan fingerprint density at radius 3 is 2.36 bits per heavy atom. The van der Waals surface area contributed by atoms with Crippen molar-refractivity contribution in [2.24, 2.45) is 0 Å². The predicted octanol–water partition coefficient (Wildman–Crippen LogP) is 3.86. The van der Waals surface area contributed by atoms with E-state index in [0.29, 0.717) is 12.1 Å². The number of carbonyl (C=O) groups excluding carboxylic acids is 1. The van der Waals surface area contributed by atoms with Gasteiger partial charge in [-0.15, -0.1) is 0 Å². The van der Waals surface area contributed by atoms with Gasteiger partial charge in [0.1, 0.15) is 5.56 Å². The van der Waals surface area contributed by atoms with Crippen molar-refractivity contribution < 1.29 is 4.79 Å². The second-order valence-corrected chi connectivity index (χ2v) is 6.96. The maximum absolute atomic E-state index is 13.4. The summed E-state index contributed by atoms with van der Waals surface area (Å²) >= 11 is 0. The number of hydrogen-bond acceptors (Lipinski definition) is 2. The fourth-order valence-corrected chi connectivity index (χ4v) is 3.81. The zero-order valence-electron chi connectivity index (χ0n) is 15.4. The Balaban J connectivity index is 1.55. The highest BCUT2D eigenvalue weighted by Crippen LogP contribution is 2.24. The highest BCUT2D eigenvalue weighted by Gasteiger charge is 2.26. The lowest BCUT2D eigenvalue weighted by atomic mass is 9.99. The van der Waals surface area contributed by atoms with E-state index in [1.165, 1.54) is 11.1 Å². The lowest BCUT2D eigenvalue weighted by Gasteiger charge is -2.29. The Bertz CT molecular complexity index is 1110. The van der Waals surface area contributed by atoms with Gasteiger partial charge in [0.15, 0.2) is 5.82 Å². The number of fused-ring (bicyclic) bond motifs is 1. The van der Waals surface area contributed by atoms with Gasteiger partial charge in [0.2, 0.25) is 0 Å². The van der Waals surface area contributed by atoms with Crippen molar-refractivity contribution in [1.29, 1.82) is 0 Å². The summed E-state index contributed by atoms with van der Waals surface area (Å²) in [4.78, 5) is 15.3. The second kappa shape index (κ2) is 6.85. The van der Waals surface area contributed by atoms with Crippen LogP contribution >= 0.6 is 0 Å². The molecule has 0 N–H and O–H groups in total. The summed E-state index contributed by atoms with van der Waals surface area (Å²) in [5.41, 5.74) is 4.09. The highest BCUT2D eigenvalue weighted by molar-refractivity contribution is 5.97. The van der Waals surface area contributed by atoms with Crippen molar-refractivity contribution in [2.45, 2.75) is 13.0 Å². The molecule has 28 heavy (non-hydrogen) atoms. The molecule has 2 aromatic heterocycles. The van der Waals surface area contributed by atoms with E-state index in [4.69, 9.17) is 0 Å². The van der Waals surface area contributed by atoms with E-state index in [9.17, 15) is 4.79 Å². The molecule has 0 saturated heterocycles. The SMILES string of the molecule is O=C(c1cnn(-c2ccccc2)c1-n1cccc1)N1CCc2ccccc2C1. The highest BCUT2D eigenvalue weighted by atomic mass is 16.2. The number of hydrogen-bond donors (Lipinski definition) is 0. The lowest BCUT2D eigenvalue weighted by Crippen LogP contribution is -2.36. The average Bonchev–Trinajstić information content (AvgIpc) is 3.43. The summed E-state index contributed by atoms with van der Waals surface area (Å²) in [6, 6.07) is 22.2. The van der Waals surface area contributed by atoms with Crippen LogP contribution in [0.5, 0.6) is 0 Å². The molecule has 5 rings (SSSR count). The minimum atomic E-state index is 0.0142. The van der Waals surface area contributed by atoms with Crippen LogP contribution in [0.1, 0.15) is 21.5 Å². The van der Waals surface area contributed by atoms with Gasteiger partial charge in [-0.1, -0.05) is 42.5 Å². The molecule has 5 heteroatoms. The summed E-state index contributed by atoms with van der Waals surface area (Å²) in [5.74, 6) is 0.778. The van der Waals surface area contributed by atoms with Crippen LogP contribution in [0.25, 0.3) is 11.5 Å². The van der Waals surface area contributed by atoms with E-state index >= 15 is 0 Å². The number of amides is 1. The van der Waals surface area contributed by atoms with E-state index in [2.05, 4.69) is 23.3 Å². The fourth-order valence-electron chi connectivity index (χ4n) is 3.81. The monoisotopic (exact) mass is 368 g/mol. The van der Waals surface area contributed by atoms with Crippen LogP contribution in [0.4, 0.5) is 0 Å². The van der Waals surface area contributed by atoms with Crippen molar-refractivity contribution in [3.05, 3.63) is 102 Å². The molecule has 0 spiro atoms. The van der Waals surface area contributed by atoms with Crippen LogP contribution in [0.15, 0.2) is 85.3 Å². The first-order valence-corrected chi connectivity index (χ1v) is 9.44. The van der Waals surface area contributed by atoms with E-state index in [1.807, 2.05) is 75.1 Å². The van der Waals surface area contributed by atoms with Crippen LogP contribution < -0.4 is 0 Å². The van der Waals surface area contributed by atoms with Crippen molar-refractivity contribution in [2.75, 3.05) is 6.54 Å². The summed E-state index contributed by atoms with van der Waals surface area (Å²) in [6.45, 7) is 1.36.